The van der Waals surface area contributed by atoms with E-state index >= 15 is 0 Å². The molecule has 17 heavy (non-hydrogen) atoms. The maximum absolute atomic E-state index is 12.3. The standard InChI is InChI=1S/C12H14N2O2S/c15-10-7-14(5-4-13-10)12(16)11-9(3-6-17-11)8-1-2-8/h3,6,8H,1-2,4-5,7H2,(H,13,15). The molecule has 0 spiro atoms. The first kappa shape index (κ1) is 10.8. The first-order valence-electron chi connectivity index (χ1n) is 5.89. The van der Waals surface area contributed by atoms with Gasteiger partial charge in [0.15, 0.2) is 0 Å². The highest BCUT2D eigenvalue weighted by molar-refractivity contribution is 7.12. The Labute approximate surface area is 104 Å². The summed E-state index contributed by atoms with van der Waals surface area (Å²) in [5.74, 6) is 0.546. The highest BCUT2D eigenvalue weighted by atomic mass is 32.1. The second kappa shape index (κ2) is 4.14. The molecule has 1 aliphatic carbocycles. The van der Waals surface area contributed by atoms with Crippen LogP contribution in [-0.4, -0.2) is 36.3 Å². The summed E-state index contributed by atoms with van der Waals surface area (Å²) in [4.78, 5) is 26.1. The van der Waals surface area contributed by atoms with Gasteiger partial charge in [-0.15, -0.1) is 11.3 Å². The van der Waals surface area contributed by atoms with Crippen molar-refractivity contribution in [3.63, 3.8) is 0 Å². The monoisotopic (exact) mass is 250 g/mol. The molecule has 0 atom stereocenters. The largest absolute Gasteiger partial charge is 0.353 e. The fourth-order valence-corrected chi connectivity index (χ4v) is 3.12. The molecule has 2 aliphatic rings. The highest BCUT2D eigenvalue weighted by Crippen LogP contribution is 2.43. The normalized spacial score (nSPS) is 20.2. The third-order valence-electron chi connectivity index (χ3n) is 3.23. The van der Waals surface area contributed by atoms with E-state index in [4.69, 9.17) is 0 Å². The Hall–Kier alpha value is -1.36. The van der Waals surface area contributed by atoms with Crippen molar-refractivity contribution >= 4 is 23.2 Å². The average molecular weight is 250 g/mol. The molecule has 4 nitrogen and oxygen atoms in total. The van der Waals surface area contributed by atoms with E-state index in [-0.39, 0.29) is 18.4 Å². The van der Waals surface area contributed by atoms with Crippen LogP contribution in [0, 0.1) is 0 Å². The molecule has 2 fully saturated rings. The van der Waals surface area contributed by atoms with Gasteiger partial charge in [0.05, 0.1) is 11.4 Å². The number of piperazine rings is 1. The Bertz CT molecular complexity index is 465. The molecule has 1 saturated carbocycles. The van der Waals surface area contributed by atoms with Crippen LogP contribution in [0.3, 0.4) is 0 Å². The summed E-state index contributed by atoms with van der Waals surface area (Å²) in [5, 5.41) is 4.71. The van der Waals surface area contributed by atoms with Crippen LogP contribution in [0.15, 0.2) is 11.4 Å². The van der Waals surface area contributed by atoms with Crippen LogP contribution < -0.4 is 5.32 Å². The van der Waals surface area contributed by atoms with Crippen molar-refractivity contribution in [2.24, 2.45) is 0 Å². The Balaban J connectivity index is 1.80. The smallest absolute Gasteiger partial charge is 0.264 e. The second-order valence-electron chi connectivity index (χ2n) is 4.56. The molecule has 3 rings (SSSR count). The fourth-order valence-electron chi connectivity index (χ4n) is 2.16. The molecular formula is C12H14N2O2S. The van der Waals surface area contributed by atoms with Gasteiger partial charge in [-0.25, -0.2) is 0 Å². The van der Waals surface area contributed by atoms with E-state index in [0.717, 1.165) is 4.88 Å². The van der Waals surface area contributed by atoms with Gasteiger partial charge in [0.2, 0.25) is 5.91 Å². The average Bonchev–Trinajstić information content (AvgIpc) is 3.06. The molecule has 90 valence electrons. The first-order valence-corrected chi connectivity index (χ1v) is 6.77. The lowest BCUT2D eigenvalue weighted by molar-refractivity contribution is -0.123. The molecule has 1 aromatic heterocycles. The van der Waals surface area contributed by atoms with Crippen LogP contribution in [0.25, 0.3) is 0 Å². The summed E-state index contributed by atoms with van der Waals surface area (Å²) in [6, 6.07) is 2.06. The van der Waals surface area contributed by atoms with E-state index in [2.05, 4.69) is 11.4 Å². The number of carbonyl (C=O) groups excluding carboxylic acids is 2. The molecule has 1 saturated heterocycles. The van der Waals surface area contributed by atoms with Gasteiger partial charge < -0.3 is 10.2 Å². The van der Waals surface area contributed by atoms with E-state index in [0.29, 0.717) is 19.0 Å². The van der Waals surface area contributed by atoms with E-state index in [1.165, 1.54) is 29.7 Å². The van der Waals surface area contributed by atoms with Crippen LogP contribution in [-0.2, 0) is 4.79 Å². The third kappa shape index (κ3) is 2.07. The van der Waals surface area contributed by atoms with Crippen LogP contribution in [0.4, 0.5) is 0 Å². The topological polar surface area (TPSA) is 49.4 Å². The minimum Gasteiger partial charge on any atom is -0.353 e. The molecule has 0 aromatic carbocycles. The minimum atomic E-state index is -0.0610. The fraction of sp³-hybridized carbons (Fsp3) is 0.500. The van der Waals surface area contributed by atoms with Crippen molar-refractivity contribution in [2.75, 3.05) is 19.6 Å². The number of rotatable bonds is 2. The Morgan fingerprint density at radius 2 is 2.29 bits per heavy atom. The predicted octanol–water partition coefficient (Wildman–Crippen LogP) is 1.20. The van der Waals surface area contributed by atoms with Crippen LogP contribution >= 0.6 is 11.3 Å². The molecule has 1 aliphatic heterocycles. The number of hydrogen-bond acceptors (Lipinski definition) is 3. The molecule has 0 unspecified atom stereocenters. The summed E-state index contributed by atoms with van der Waals surface area (Å²) in [7, 11) is 0. The quantitative estimate of drug-likeness (QED) is 0.857. The maximum Gasteiger partial charge on any atom is 0.264 e. The molecular weight excluding hydrogens is 236 g/mol. The first-order chi connectivity index (χ1) is 8.25. The van der Waals surface area contributed by atoms with E-state index < -0.39 is 0 Å². The molecule has 1 aromatic rings. The zero-order chi connectivity index (χ0) is 11.8. The number of thiophene rings is 1. The van der Waals surface area contributed by atoms with Crippen molar-refractivity contribution in [3.8, 4) is 0 Å². The van der Waals surface area contributed by atoms with Gasteiger partial charge in [0.25, 0.3) is 5.91 Å². The van der Waals surface area contributed by atoms with E-state index in [1.54, 1.807) is 4.90 Å². The summed E-state index contributed by atoms with van der Waals surface area (Å²) >= 11 is 1.50. The van der Waals surface area contributed by atoms with Gasteiger partial charge in [-0.1, -0.05) is 0 Å². The van der Waals surface area contributed by atoms with Crippen molar-refractivity contribution < 1.29 is 9.59 Å². The third-order valence-corrected chi connectivity index (χ3v) is 4.15. The van der Waals surface area contributed by atoms with E-state index in [1.807, 2.05) is 5.38 Å². The van der Waals surface area contributed by atoms with E-state index in [9.17, 15) is 9.59 Å². The van der Waals surface area contributed by atoms with Crippen molar-refractivity contribution in [3.05, 3.63) is 21.9 Å². The lowest BCUT2D eigenvalue weighted by atomic mass is 10.1. The number of carbonyl (C=O) groups is 2. The lowest BCUT2D eigenvalue weighted by Crippen LogP contribution is -2.49. The molecule has 1 N–H and O–H groups in total. The second-order valence-corrected chi connectivity index (χ2v) is 5.47. The van der Waals surface area contributed by atoms with Gasteiger partial charge in [0.1, 0.15) is 0 Å². The van der Waals surface area contributed by atoms with Gasteiger partial charge >= 0.3 is 0 Å². The van der Waals surface area contributed by atoms with Gasteiger partial charge in [-0.2, -0.15) is 0 Å². The Kier molecular flexibility index (Phi) is 2.63. The Morgan fingerprint density at radius 3 is 3.00 bits per heavy atom. The van der Waals surface area contributed by atoms with Crippen molar-refractivity contribution in [1.29, 1.82) is 0 Å². The van der Waals surface area contributed by atoms with Gasteiger partial charge in [0, 0.05) is 13.1 Å². The summed E-state index contributed by atoms with van der Waals surface area (Å²) in [6.45, 7) is 1.38. The van der Waals surface area contributed by atoms with Crippen LogP contribution in [0.5, 0.6) is 0 Å². The van der Waals surface area contributed by atoms with Crippen LogP contribution in [0.2, 0.25) is 0 Å². The van der Waals surface area contributed by atoms with Crippen LogP contribution in [0.1, 0.15) is 34.0 Å². The lowest BCUT2D eigenvalue weighted by Gasteiger charge is -2.26. The molecule has 2 amide bonds. The highest BCUT2D eigenvalue weighted by Gasteiger charge is 2.31. The summed E-state index contributed by atoms with van der Waals surface area (Å²) in [6.07, 6.45) is 2.38. The van der Waals surface area contributed by atoms with Gasteiger partial charge in [-0.05, 0) is 35.8 Å². The zero-order valence-corrected chi connectivity index (χ0v) is 10.3. The molecule has 0 bridgehead atoms. The minimum absolute atomic E-state index is 0.0248. The number of hydrogen-bond donors (Lipinski definition) is 1. The number of nitrogens with zero attached hydrogens (tertiary/aromatic N) is 1. The van der Waals surface area contributed by atoms with Crippen molar-refractivity contribution in [1.82, 2.24) is 10.2 Å². The summed E-state index contributed by atoms with van der Waals surface area (Å²) in [5.41, 5.74) is 1.19. The predicted molar refractivity (Wildman–Crippen MR) is 65.2 cm³/mol. The maximum atomic E-state index is 12.3. The van der Waals surface area contributed by atoms with Crippen molar-refractivity contribution in [2.45, 2.75) is 18.8 Å². The zero-order valence-electron chi connectivity index (χ0n) is 9.44. The number of nitrogens with one attached hydrogen (secondary N) is 1. The SMILES string of the molecule is O=C1CN(C(=O)c2sccc2C2CC2)CCN1. The molecule has 0 radical (unpaired) electrons. The van der Waals surface area contributed by atoms with Gasteiger partial charge in [-0.3, -0.25) is 9.59 Å². The molecule has 2 heterocycles. The number of amides is 2. The Morgan fingerprint density at radius 1 is 1.47 bits per heavy atom. The summed E-state index contributed by atoms with van der Waals surface area (Å²) < 4.78 is 0. The molecule has 5 heteroatoms.